The van der Waals surface area contributed by atoms with Crippen LogP contribution in [0.4, 0.5) is 11.4 Å². The lowest BCUT2D eigenvalue weighted by molar-refractivity contribution is 0.101. The van der Waals surface area contributed by atoms with E-state index in [2.05, 4.69) is 10.6 Å². The lowest BCUT2D eigenvalue weighted by atomic mass is 10.0. The van der Waals surface area contributed by atoms with Crippen LogP contribution >= 0.6 is 0 Å². The molecule has 0 fully saturated rings. The van der Waals surface area contributed by atoms with Crippen molar-refractivity contribution in [1.29, 1.82) is 0 Å². The van der Waals surface area contributed by atoms with E-state index in [4.69, 9.17) is 0 Å². The van der Waals surface area contributed by atoms with Crippen molar-refractivity contribution in [2.24, 2.45) is 0 Å². The Morgan fingerprint density at radius 1 is 0.526 bits per heavy atom. The van der Waals surface area contributed by atoms with Crippen LogP contribution in [0.15, 0.2) is 107 Å². The van der Waals surface area contributed by atoms with Gasteiger partial charge in [0.15, 0.2) is 0 Å². The number of nitrogens with one attached hydrogen (secondary N) is 2. The Kier molecular flexibility index (Phi) is 7.41. The van der Waals surface area contributed by atoms with Crippen LogP contribution in [-0.2, 0) is 20.2 Å². The molecule has 0 aliphatic carbocycles. The number of amides is 2. The Hall–Kier alpha value is -4.36. The molecule has 0 saturated heterocycles. The number of hydrogen-bond acceptors (Lipinski definition) is 6. The fourth-order valence-corrected chi connectivity index (χ4v) is 5.12. The van der Waals surface area contributed by atoms with Crippen LogP contribution in [0.1, 0.15) is 20.7 Å². The summed E-state index contributed by atoms with van der Waals surface area (Å²) >= 11 is 0. The van der Waals surface area contributed by atoms with Gasteiger partial charge in [-0.1, -0.05) is 48.5 Å². The van der Waals surface area contributed by atoms with Crippen LogP contribution < -0.4 is 10.6 Å². The lowest BCUT2D eigenvalue weighted by Crippen LogP contribution is -2.13. The minimum Gasteiger partial charge on any atom is -0.322 e. The second-order valence-electron chi connectivity index (χ2n) is 8.01. The summed E-state index contributed by atoms with van der Waals surface area (Å²) in [5.41, 5.74) is 0.0851. The van der Waals surface area contributed by atoms with E-state index in [1.165, 1.54) is 24.3 Å². The first kappa shape index (κ1) is 26.7. The third-order valence-corrected chi connectivity index (χ3v) is 7.18. The molecular formula is C26H20N2O8S2. The van der Waals surface area contributed by atoms with E-state index in [0.29, 0.717) is 11.1 Å². The second kappa shape index (κ2) is 10.6. The molecule has 4 rings (SSSR count). The normalized spacial score (nSPS) is 11.5. The Labute approximate surface area is 218 Å². The molecule has 194 valence electrons. The predicted octanol–water partition coefficient (Wildman–Crippen LogP) is 4.35. The standard InChI is InChI=1S/C26H20N2O8S2/c29-25(17-7-3-1-4-8-17)27-19-11-13-21(23(15-19)37(31,32)33)22-14-12-20(16-24(22)38(34,35)36)28-26(30)18-9-5-2-6-10-18/h1-16H,(H,27,29)(H,28,30)(H,31,32,33)(H,34,35,36). The number of carbonyl (C=O) groups excluding carboxylic acids is 2. The Bertz CT molecular complexity index is 1610. The first-order valence-corrected chi connectivity index (χ1v) is 13.8. The molecule has 38 heavy (non-hydrogen) atoms. The van der Waals surface area contributed by atoms with E-state index in [1.807, 2.05) is 0 Å². The Morgan fingerprint density at radius 3 is 1.18 bits per heavy atom. The van der Waals surface area contributed by atoms with Crippen molar-refractivity contribution in [2.45, 2.75) is 9.79 Å². The number of anilines is 2. The Balaban J connectivity index is 1.76. The van der Waals surface area contributed by atoms with Gasteiger partial charge >= 0.3 is 0 Å². The number of benzene rings is 4. The zero-order valence-corrected chi connectivity index (χ0v) is 21.0. The quantitative estimate of drug-likeness (QED) is 0.246. The molecule has 0 radical (unpaired) electrons. The molecule has 0 aliphatic heterocycles. The second-order valence-corrected chi connectivity index (χ2v) is 10.8. The van der Waals surface area contributed by atoms with Gasteiger partial charge in [-0.15, -0.1) is 0 Å². The first-order chi connectivity index (χ1) is 17.9. The highest BCUT2D eigenvalue weighted by atomic mass is 32.2. The fraction of sp³-hybridized carbons (Fsp3) is 0. The van der Waals surface area contributed by atoms with Gasteiger partial charge in [-0.2, -0.15) is 16.8 Å². The molecule has 0 spiro atoms. The number of hydrogen-bond donors (Lipinski definition) is 4. The van der Waals surface area contributed by atoms with Crippen molar-refractivity contribution in [3.05, 3.63) is 108 Å². The molecular weight excluding hydrogens is 532 g/mol. The molecule has 0 aliphatic rings. The molecule has 0 aromatic heterocycles. The van der Waals surface area contributed by atoms with Gasteiger partial charge < -0.3 is 10.6 Å². The van der Waals surface area contributed by atoms with Crippen LogP contribution in [0.5, 0.6) is 0 Å². The van der Waals surface area contributed by atoms with Crippen LogP contribution in [0.25, 0.3) is 11.1 Å². The molecule has 2 amide bonds. The van der Waals surface area contributed by atoms with Crippen LogP contribution in [-0.4, -0.2) is 37.8 Å². The minimum atomic E-state index is -4.93. The zero-order chi connectivity index (χ0) is 27.5. The summed E-state index contributed by atoms with van der Waals surface area (Å²) in [7, 11) is -9.86. The van der Waals surface area contributed by atoms with Gasteiger partial charge in [0, 0.05) is 33.6 Å². The largest absolute Gasteiger partial charge is 0.322 e. The predicted molar refractivity (Wildman–Crippen MR) is 140 cm³/mol. The molecule has 0 saturated carbocycles. The first-order valence-electron chi connectivity index (χ1n) is 10.9. The van der Waals surface area contributed by atoms with Crippen molar-refractivity contribution >= 4 is 43.4 Å². The highest BCUT2D eigenvalue weighted by Gasteiger charge is 2.25. The van der Waals surface area contributed by atoms with Gasteiger partial charge in [-0.05, 0) is 48.5 Å². The maximum Gasteiger partial charge on any atom is 0.295 e. The van der Waals surface area contributed by atoms with Crippen LogP contribution in [0, 0.1) is 0 Å². The average molecular weight is 553 g/mol. The summed E-state index contributed by atoms with van der Waals surface area (Å²) < 4.78 is 68.7. The van der Waals surface area contributed by atoms with Gasteiger partial charge in [-0.25, -0.2) is 0 Å². The highest BCUT2D eigenvalue weighted by molar-refractivity contribution is 7.86. The van der Waals surface area contributed by atoms with Crippen LogP contribution in [0.3, 0.4) is 0 Å². The average Bonchev–Trinajstić information content (AvgIpc) is 2.88. The fourth-order valence-electron chi connectivity index (χ4n) is 3.66. The van der Waals surface area contributed by atoms with Gasteiger partial charge in [0.05, 0.1) is 0 Å². The van der Waals surface area contributed by atoms with Crippen molar-refractivity contribution in [2.75, 3.05) is 10.6 Å². The number of rotatable bonds is 7. The van der Waals surface area contributed by atoms with E-state index in [1.54, 1.807) is 60.7 Å². The van der Waals surface area contributed by atoms with E-state index >= 15 is 0 Å². The van der Waals surface area contributed by atoms with Gasteiger partial charge in [-0.3, -0.25) is 18.7 Å². The van der Waals surface area contributed by atoms with Crippen molar-refractivity contribution in [1.82, 2.24) is 0 Å². The molecule has 10 nitrogen and oxygen atoms in total. The highest BCUT2D eigenvalue weighted by Crippen LogP contribution is 2.36. The van der Waals surface area contributed by atoms with E-state index < -0.39 is 41.8 Å². The monoisotopic (exact) mass is 552 g/mol. The third-order valence-electron chi connectivity index (χ3n) is 5.40. The summed E-state index contributed by atoms with van der Waals surface area (Å²) in [6, 6.07) is 23.1. The SMILES string of the molecule is O=C(Nc1ccc(-c2ccc(NC(=O)c3ccccc3)cc2S(=O)(=O)O)c(S(=O)(=O)O)c1)c1ccccc1. The minimum absolute atomic E-state index is 0.00961. The molecule has 0 heterocycles. The molecule has 0 unspecified atom stereocenters. The molecule has 0 bridgehead atoms. The van der Waals surface area contributed by atoms with Crippen molar-refractivity contribution in [3.63, 3.8) is 0 Å². The molecule has 4 N–H and O–H groups in total. The zero-order valence-electron chi connectivity index (χ0n) is 19.4. The maximum absolute atomic E-state index is 12.5. The maximum atomic E-state index is 12.5. The van der Waals surface area contributed by atoms with Crippen molar-refractivity contribution < 1.29 is 35.5 Å². The van der Waals surface area contributed by atoms with E-state index in [9.17, 15) is 35.5 Å². The van der Waals surface area contributed by atoms with Gasteiger partial charge in [0.1, 0.15) is 9.79 Å². The Morgan fingerprint density at radius 2 is 0.868 bits per heavy atom. The summed E-state index contributed by atoms with van der Waals surface area (Å²) in [5.74, 6) is -1.09. The smallest absolute Gasteiger partial charge is 0.295 e. The lowest BCUT2D eigenvalue weighted by Gasteiger charge is -2.15. The van der Waals surface area contributed by atoms with E-state index in [-0.39, 0.29) is 22.5 Å². The molecule has 4 aromatic carbocycles. The third kappa shape index (κ3) is 6.12. The van der Waals surface area contributed by atoms with Gasteiger partial charge in [0.2, 0.25) is 0 Å². The number of carbonyl (C=O) groups is 2. The van der Waals surface area contributed by atoms with Crippen molar-refractivity contribution in [3.8, 4) is 11.1 Å². The molecule has 0 atom stereocenters. The summed E-state index contributed by atoms with van der Waals surface area (Å²) in [6.45, 7) is 0. The summed E-state index contributed by atoms with van der Waals surface area (Å²) in [6.07, 6.45) is 0. The summed E-state index contributed by atoms with van der Waals surface area (Å²) in [4.78, 5) is 23.5. The topological polar surface area (TPSA) is 167 Å². The molecule has 12 heteroatoms. The molecule has 4 aromatic rings. The van der Waals surface area contributed by atoms with E-state index in [0.717, 1.165) is 12.1 Å². The summed E-state index contributed by atoms with van der Waals surface area (Å²) in [5, 5.41) is 5.02. The van der Waals surface area contributed by atoms with Crippen LogP contribution in [0.2, 0.25) is 0 Å². The van der Waals surface area contributed by atoms with Gasteiger partial charge in [0.25, 0.3) is 32.1 Å².